The third kappa shape index (κ3) is 3.88. The van der Waals surface area contributed by atoms with E-state index < -0.39 is 0 Å². The highest BCUT2D eigenvalue weighted by molar-refractivity contribution is 8.00. The molecule has 104 valence electrons. The van der Waals surface area contributed by atoms with E-state index in [-0.39, 0.29) is 11.7 Å². The van der Waals surface area contributed by atoms with Crippen LogP contribution in [-0.2, 0) is 4.79 Å². The van der Waals surface area contributed by atoms with Gasteiger partial charge in [-0.15, -0.1) is 0 Å². The molecule has 1 amide bonds. The molecule has 2 aromatic rings. The Bertz CT molecular complexity index is 634. The van der Waals surface area contributed by atoms with Gasteiger partial charge in [0.15, 0.2) is 0 Å². The fourth-order valence-corrected chi connectivity index (χ4v) is 2.49. The lowest BCUT2D eigenvalue weighted by Gasteiger charge is -2.07. The first-order valence-electron chi connectivity index (χ1n) is 5.95. The van der Waals surface area contributed by atoms with E-state index in [4.69, 9.17) is 17.3 Å². The van der Waals surface area contributed by atoms with Crippen LogP contribution in [0.3, 0.4) is 0 Å². The first-order valence-corrected chi connectivity index (χ1v) is 7.32. The normalized spacial score (nSPS) is 10.3. The van der Waals surface area contributed by atoms with Crippen molar-refractivity contribution >= 4 is 40.6 Å². The van der Waals surface area contributed by atoms with Crippen molar-refractivity contribution in [3.05, 3.63) is 47.1 Å². The van der Waals surface area contributed by atoms with Crippen molar-refractivity contribution in [2.45, 2.75) is 11.9 Å². The number of hydrogen-bond donors (Lipinski definition) is 2. The lowest BCUT2D eigenvalue weighted by atomic mass is 10.2. The summed E-state index contributed by atoms with van der Waals surface area (Å²) in [6, 6.07) is 8.93. The zero-order valence-corrected chi connectivity index (χ0v) is 12.5. The highest BCUT2D eigenvalue weighted by Crippen LogP contribution is 2.24. The third-order valence-corrected chi connectivity index (χ3v) is 4.05. The van der Waals surface area contributed by atoms with Gasteiger partial charge in [-0.3, -0.25) is 4.79 Å². The summed E-state index contributed by atoms with van der Waals surface area (Å²) in [5, 5.41) is 3.98. The largest absolute Gasteiger partial charge is 0.398 e. The molecule has 3 N–H and O–H groups in total. The summed E-state index contributed by atoms with van der Waals surface area (Å²) in [7, 11) is 0. The first kappa shape index (κ1) is 14.7. The van der Waals surface area contributed by atoms with Crippen molar-refractivity contribution in [1.82, 2.24) is 4.98 Å². The van der Waals surface area contributed by atoms with Crippen molar-refractivity contribution in [3.8, 4) is 0 Å². The van der Waals surface area contributed by atoms with Gasteiger partial charge in [0.25, 0.3) is 0 Å². The fourth-order valence-electron chi connectivity index (χ4n) is 1.53. The minimum absolute atomic E-state index is 0.125. The number of halogens is 1. The highest BCUT2D eigenvalue weighted by Gasteiger charge is 2.07. The molecule has 0 spiro atoms. The molecule has 0 saturated heterocycles. The monoisotopic (exact) mass is 307 g/mol. The molecule has 1 aromatic heterocycles. The van der Waals surface area contributed by atoms with Gasteiger partial charge in [0.2, 0.25) is 5.91 Å². The van der Waals surface area contributed by atoms with Crippen LogP contribution in [0.1, 0.15) is 5.56 Å². The van der Waals surface area contributed by atoms with Gasteiger partial charge in [0.05, 0.1) is 10.8 Å². The minimum atomic E-state index is -0.125. The summed E-state index contributed by atoms with van der Waals surface area (Å²) in [5.41, 5.74) is 8.12. The molecule has 0 radical (unpaired) electrons. The molecular formula is C14H14ClN3OS. The lowest BCUT2D eigenvalue weighted by Crippen LogP contribution is -2.14. The van der Waals surface area contributed by atoms with Gasteiger partial charge >= 0.3 is 0 Å². The number of aryl methyl sites for hydroxylation is 1. The van der Waals surface area contributed by atoms with Gasteiger partial charge < -0.3 is 11.1 Å². The summed E-state index contributed by atoms with van der Waals surface area (Å²) < 4.78 is 0. The molecule has 0 aliphatic heterocycles. The van der Waals surface area contributed by atoms with Gasteiger partial charge in [-0.25, -0.2) is 4.98 Å². The molecule has 20 heavy (non-hydrogen) atoms. The van der Waals surface area contributed by atoms with E-state index in [0.717, 1.165) is 5.56 Å². The van der Waals surface area contributed by atoms with Crippen LogP contribution in [0.2, 0.25) is 5.02 Å². The summed E-state index contributed by atoms with van der Waals surface area (Å²) in [6.07, 6.45) is 1.65. The predicted molar refractivity (Wildman–Crippen MR) is 84.2 cm³/mol. The number of amides is 1. The second kappa shape index (κ2) is 6.63. The van der Waals surface area contributed by atoms with Gasteiger partial charge in [-0.1, -0.05) is 29.4 Å². The molecule has 1 heterocycles. The van der Waals surface area contributed by atoms with Crippen LogP contribution in [0.15, 0.2) is 41.6 Å². The molecule has 0 saturated carbocycles. The second-order valence-corrected chi connectivity index (χ2v) is 5.57. The maximum Gasteiger partial charge on any atom is 0.234 e. The number of carbonyl (C=O) groups is 1. The number of rotatable bonds is 4. The average Bonchev–Trinajstić information content (AvgIpc) is 2.42. The van der Waals surface area contributed by atoms with Crippen LogP contribution >= 0.6 is 23.4 Å². The van der Waals surface area contributed by atoms with Gasteiger partial charge in [0.1, 0.15) is 5.03 Å². The number of aromatic nitrogens is 1. The predicted octanol–water partition coefficient (Wildman–Crippen LogP) is 3.36. The van der Waals surface area contributed by atoms with Crippen molar-refractivity contribution < 1.29 is 4.79 Å². The number of carbonyl (C=O) groups excluding carboxylic acids is 1. The Morgan fingerprint density at radius 3 is 2.95 bits per heavy atom. The van der Waals surface area contributed by atoms with Crippen LogP contribution in [0.5, 0.6) is 0 Å². The molecule has 0 fully saturated rings. The molecule has 2 rings (SSSR count). The standard InChI is InChI=1S/C14H14ClN3OS/c1-9-4-5-10(7-12(9)16)18-13(19)8-20-14-11(15)3-2-6-17-14/h2-7H,8,16H2,1H3,(H,18,19). The first-order chi connectivity index (χ1) is 9.56. The minimum Gasteiger partial charge on any atom is -0.398 e. The molecule has 0 unspecified atom stereocenters. The van der Waals surface area contributed by atoms with Crippen LogP contribution < -0.4 is 11.1 Å². The van der Waals surface area contributed by atoms with E-state index in [1.807, 2.05) is 19.1 Å². The number of thioether (sulfide) groups is 1. The Kier molecular flexibility index (Phi) is 4.87. The summed E-state index contributed by atoms with van der Waals surface area (Å²) in [5.74, 6) is 0.116. The number of pyridine rings is 1. The van der Waals surface area contributed by atoms with Crippen molar-refractivity contribution in [2.24, 2.45) is 0 Å². The maximum absolute atomic E-state index is 11.8. The fraction of sp³-hybridized carbons (Fsp3) is 0.143. The van der Waals surface area contributed by atoms with E-state index in [2.05, 4.69) is 10.3 Å². The van der Waals surface area contributed by atoms with Gasteiger partial charge in [-0.2, -0.15) is 0 Å². The van der Waals surface area contributed by atoms with E-state index >= 15 is 0 Å². The summed E-state index contributed by atoms with van der Waals surface area (Å²) in [6.45, 7) is 1.92. The zero-order valence-electron chi connectivity index (χ0n) is 10.9. The quantitative estimate of drug-likeness (QED) is 0.671. The van der Waals surface area contributed by atoms with E-state index in [0.29, 0.717) is 21.4 Å². The summed E-state index contributed by atoms with van der Waals surface area (Å²) >= 11 is 7.27. The van der Waals surface area contributed by atoms with Crippen LogP contribution in [-0.4, -0.2) is 16.6 Å². The Hall–Kier alpha value is -1.72. The molecule has 0 aliphatic carbocycles. The van der Waals surface area contributed by atoms with Crippen molar-refractivity contribution in [2.75, 3.05) is 16.8 Å². The molecule has 1 aromatic carbocycles. The van der Waals surface area contributed by atoms with Crippen molar-refractivity contribution in [3.63, 3.8) is 0 Å². The van der Waals surface area contributed by atoms with E-state index in [9.17, 15) is 4.79 Å². The Morgan fingerprint density at radius 1 is 1.45 bits per heavy atom. The highest BCUT2D eigenvalue weighted by atomic mass is 35.5. The lowest BCUT2D eigenvalue weighted by molar-refractivity contribution is -0.113. The number of nitrogen functional groups attached to an aromatic ring is 1. The number of nitrogens with one attached hydrogen (secondary N) is 1. The number of nitrogens with two attached hydrogens (primary N) is 1. The Morgan fingerprint density at radius 2 is 2.25 bits per heavy atom. The molecule has 0 atom stereocenters. The third-order valence-electron chi connectivity index (χ3n) is 2.63. The molecular weight excluding hydrogens is 294 g/mol. The molecule has 4 nitrogen and oxygen atoms in total. The maximum atomic E-state index is 11.8. The van der Waals surface area contributed by atoms with Gasteiger partial charge in [0, 0.05) is 17.6 Å². The Labute approximate surface area is 126 Å². The van der Waals surface area contributed by atoms with Crippen LogP contribution in [0.25, 0.3) is 0 Å². The Balaban J connectivity index is 1.93. The number of benzene rings is 1. The topological polar surface area (TPSA) is 68.0 Å². The number of hydrogen-bond acceptors (Lipinski definition) is 4. The van der Waals surface area contributed by atoms with Gasteiger partial charge in [-0.05, 0) is 36.8 Å². The second-order valence-electron chi connectivity index (χ2n) is 4.20. The number of anilines is 2. The zero-order chi connectivity index (χ0) is 14.5. The smallest absolute Gasteiger partial charge is 0.234 e. The van der Waals surface area contributed by atoms with E-state index in [1.54, 1.807) is 24.4 Å². The molecule has 0 bridgehead atoms. The van der Waals surface area contributed by atoms with Crippen LogP contribution in [0, 0.1) is 6.92 Å². The molecule has 0 aliphatic rings. The van der Waals surface area contributed by atoms with Crippen molar-refractivity contribution in [1.29, 1.82) is 0 Å². The van der Waals surface area contributed by atoms with Crippen LogP contribution in [0.4, 0.5) is 11.4 Å². The number of nitrogens with zero attached hydrogens (tertiary/aromatic N) is 1. The summed E-state index contributed by atoms with van der Waals surface area (Å²) in [4.78, 5) is 16.0. The molecule has 6 heteroatoms. The van der Waals surface area contributed by atoms with E-state index in [1.165, 1.54) is 11.8 Å². The SMILES string of the molecule is Cc1ccc(NC(=O)CSc2ncccc2Cl)cc1N. The average molecular weight is 308 g/mol.